The fraction of sp³-hybridized carbons (Fsp3) is 0.379. The fourth-order valence-electron chi connectivity index (χ4n) is 4.81. The maximum absolute atomic E-state index is 13.2. The topological polar surface area (TPSA) is 119 Å². The molecule has 10 nitrogen and oxygen atoms in total. The number of pyridine rings is 2. The van der Waals surface area contributed by atoms with Crippen molar-refractivity contribution in [1.82, 2.24) is 30.0 Å². The number of hydrogen-bond donors (Lipinski definition) is 3. The standard InChI is InChI=1S/C29H37N9O/c1-36(2)12-13-37(3)27-7-5-24(18-32-27)33-29(39)28-25-15-21(4-6-26(25)34-35-28)22-14-20(16-31-17-22)19-38-10-8-23(30)9-11-38/h4-7,14-18,23H,8-13,19,30H2,1-3H3,(H,33,39)(H,34,35). The zero-order valence-electron chi connectivity index (χ0n) is 22.9. The Morgan fingerprint density at radius 1 is 1.05 bits per heavy atom. The number of nitrogens with zero attached hydrogens (tertiary/aromatic N) is 6. The van der Waals surface area contributed by atoms with Crippen LogP contribution < -0.4 is 16.0 Å². The van der Waals surface area contributed by atoms with E-state index < -0.39 is 0 Å². The van der Waals surface area contributed by atoms with Gasteiger partial charge in [0.1, 0.15) is 5.82 Å². The number of nitrogens with two attached hydrogens (primary N) is 1. The molecule has 0 bridgehead atoms. The van der Waals surface area contributed by atoms with Gasteiger partial charge in [-0.15, -0.1) is 0 Å². The van der Waals surface area contributed by atoms with Crippen LogP contribution in [0.2, 0.25) is 0 Å². The number of rotatable bonds is 9. The van der Waals surface area contributed by atoms with E-state index in [0.29, 0.717) is 17.4 Å². The minimum absolute atomic E-state index is 0.288. The van der Waals surface area contributed by atoms with Gasteiger partial charge < -0.3 is 20.9 Å². The third kappa shape index (κ3) is 6.59. The molecular weight excluding hydrogens is 490 g/mol. The molecule has 0 aliphatic carbocycles. The zero-order chi connectivity index (χ0) is 27.4. The number of likely N-dealkylation sites (N-methyl/N-ethyl adjacent to an activating group) is 2. The second-order valence-corrected chi connectivity index (χ2v) is 10.6. The van der Waals surface area contributed by atoms with Crippen molar-refractivity contribution >= 4 is 28.3 Å². The second-order valence-electron chi connectivity index (χ2n) is 10.6. The molecular formula is C29H37N9O. The van der Waals surface area contributed by atoms with Crippen LogP contribution in [0.15, 0.2) is 55.0 Å². The van der Waals surface area contributed by atoms with Gasteiger partial charge in [0.15, 0.2) is 5.69 Å². The lowest BCUT2D eigenvalue weighted by Gasteiger charge is -2.30. The predicted octanol–water partition coefficient (Wildman–Crippen LogP) is 3.19. The number of hydrogen-bond acceptors (Lipinski definition) is 8. The molecule has 0 spiro atoms. The molecule has 5 rings (SSSR count). The Bertz CT molecular complexity index is 1410. The molecule has 0 unspecified atom stereocenters. The van der Waals surface area contributed by atoms with Gasteiger partial charge in [-0.25, -0.2) is 4.98 Å². The highest BCUT2D eigenvalue weighted by atomic mass is 16.1. The molecule has 4 N–H and O–H groups in total. The number of nitrogens with one attached hydrogen (secondary N) is 2. The molecule has 1 aliphatic heterocycles. The van der Waals surface area contributed by atoms with E-state index in [0.717, 1.165) is 79.0 Å². The zero-order valence-corrected chi connectivity index (χ0v) is 22.9. The van der Waals surface area contributed by atoms with Crippen molar-refractivity contribution in [3.63, 3.8) is 0 Å². The second kappa shape index (κ2) is 11.9. The number of aromatic nitrogens is 4. The van der Waals surface area contributed by atoms with Gasteiger partial charge in [-0.3, -0.25) is 19.8 Å². The molecule has 1 aliphatic rings. The average molecular weight is 528 g/mol. The van der Waals surface area contributed by atoms with Crippen LogP contribution in [0.25, 0.3) is 22.0 Å². The molecule has 1 saturated heterocycles. The summed E-state index contributed by atoms with van der Waals surface area (Å²) in [4.78, 5) is 28.8. The van der Waals surface area contributed by atoms with E-state index in [1.54, 1.807) is 6.20 Å². The monoisotopic (exact) mass is 527 g/mol. The summed E-state index contributed by atoms with van der Waals surface area (Å²) >= 11 is 0. The molecule has 3 aromatic heterocycles. The maximum Gasteiger partial charge on any atom is 0.276 e. The summed E-state index contributed by atoms with van der Waals surface area (Å²) in [5.74, 6) is 0.563. The number of carbonyl (C=O) groups is 1. The molecule has 1 aromatic carbocycles. The van der Waals surface area contributed by atoms with Crippen molar-refractivity contribution < 1.29 is 4.79 Å². The molecule has 39 heavy (non-hydrogen) atoms. The molecule has 1 amide bonds. The van der Waals surface area contributed by atoms with Gasteiger partial charge in [0.25, 0.3) is 5.91 Å². The number of fused-ring (bicyclic) bond motifs is 1. The number of piperidine rings is 1. The van der Waals surface area contributed by atoms with Crippen LogP contribution in [0.4, 0.5) is 11.5 Å². The first-order valence-corrected chi connectivity index (χ1v) is 13.4. The minimum Gasteiger partial charge on any atom is -0.358 e. The van der Waals surface area contributed by atoms with Gasteiger partial charge in [0.05, 0.1) is 17.4 Å². The Labute approximate surface area is 229 Å². The van der Waals surface area contributed by atoms with Gasteiger partial charge >= 0.3 is 0 Å². The number of anilines is 2. The van der Waals surface area contributed by atoms with Crippen molar-refractivity contribution in [3.8, 4) is 11.1 Å². The highest BCUT2D eigenvalue weighted by Gasteiger charge is 2.18. The fourth-order valence-corrected chi connectivity index (χ4v) is 4.81. The Morgan fingerprint density at radius 2 is 1.87 bits per heavy atom. The van der Waals surface area contributed by atoms with E-state index in [9.17, 15) is 4.79 Å². The largest absolute Gasteiger partial charge is 0.358 e. The average Bonchev–Trinajstić information content (AvgIpc) is 3.37. The van der Waals surface area contributed by atoms with Crippen molar-refractivity contribution in [3.05, 3.63) is 66.2 Å². The highest BCUT2D eigenvalue weighted by Crippen LogP contribution is 2.27. The Kier molecular flexibility index (Phi) is 8.16. The van der Waals surface area contributed by atoms with Crippen LogP contribution in [0.1, 0.15) is 28.9 Å². The first kappa shape index (κ1) is 26.7. The minimum atomic E-state index is -0.288. The van der Waals surface area contributed by atoms with Crippen LogP contribution in [0, 0.1) is 0 Å². The lowest BCUT2D eigenvalue weighted by atomic mass is 10.0. The van der Waals surface area contributed by atoms with Crippen molar-refractivity contribution in [2.75, 3.05) is 57.5 Å². The summed E-state index contributed by atoms with van der Waals surface area (Å²) in [7, 11) is 6.10. The number of likely N-dealkylation sites (tertiary alicyclic amines) is 1. The summed E-state index contributed by atoms with van der Waals surface area (Å²) in [6.45, 7) is 4.66. The van der Waals surface area contributed by atoms with E-state index in [-0.39, 0.29) is 5.91 Å². The van der Waals surface area contributed by atoms with Crippen LogP contribution in [0.5, 0.6) is 0 Å². The van der Waals surface area contributed by atoms with Gasteiger partial charge in [-0.05, 0) is 81.5 Å². The molecule has 0 radical (unpaired) electrons. The third-order valence-electron chi connectivity index (χ3n) is 7.22. The normalized spacial score (nSPS) is 14.7. The summed E-state index contributed by atoms with van der Waals surface area (Å²) in [6.07, 6.45) is 7.52. The highest BCUT2D eigenvalue weighted by molar-refractivity contribution is 6.11. The van der Waals surface area contributed by atoms with Crippen molar-refractivity contribution in [1.29, 1.82) is 0 Å². The van der Waals surface area contributed by atoms with Gasteiger partial charge in [0, 0.05) is 56.1 Å². The van der Waals surface area contributed by atoms with E-state index >= 15 is 0 Å². The number of H-pyrrole nitrogens is 1. The number of amides is 1. The maximum atomic E-state index is 13.2. The summed E-state index contributed by atoms with van der Waals surface area (Å²) in [5, 5.41) is 11.0. The van der Waals surface area contributed by atoms with E-state index in [1.165, 1.54) is 0 Å². The first-order valence-electron chi connectivity index (χ1n) is 13.4. The number of aromatic amines is 1. The number of carbonyl (C=O) groups excluding carboxylic acids is 1. The van der Waals surface area contributed by atoms with Crippen molar-refractivity contribution in [2.45, 2.75) is 25.4 Å². The molecule has 1 fully saturated rings. The summed E-state index contributed by atoms with van der Waals surface area (Å²) in [6, 6.07) is 12.2. The number of benzene rings is 1. The molecule has 204 valence electrons. The van der Waals surface area contributed by atoms with Gasteiger partial charge in [0.2, 0.25) is 0 Å². The van der Waals surface area contributed by atoms with Crippen LogP contribution in [-0.2, 0) is 6.54 Å². The lowest BCUT2D eigenvalue weighted by Crippen LogP contribution is -2.39. The van der Waals surface area contributed by atoms with E-state index in [4.69, 9.17) is 5.73 Å². The van der Waals surface area contributed by atoms with Gasteiger partial charge in [-0.2, -0.15) is 5.10 Å². The SMILES string of the molecule is CN(C)CCN(C)c1ccc(NC(=O)c2n[nH]c3ccc(-c4cncc(CN5CCC(N)CC5)c4)cc23)cn1. The van der Waals surface area contributed by atoms with Crippen LogP contribution in [-0.4, -0.2) is 89.2 Å². The smallest absolute Gasteiger partial charge is 0.276 e. The lowest BCUT2D eigenvalue weighted by molar-refractivity contribution is 0.102. The molecule has 4 aromatic rings. The molecule has 10 heteroatoms. The predicted molar refractivity (Wildman–Crippen MR) is 156 cm³/mol. The molecule has 0 atom stereocenters. The Hall–Kier alpha value is -3.86. The van der Waals surface area contributed by atoms with E-state index in [1.807, 2.05) is 63.9 Å². The quantitative estimate of drug-likeness (QED) is 0.304. The third-order valence-corrected chi connectivity index (χ3v) is 7.22. The molecule has 0 saturated carbocycles. The van der Waals surface area contributed by atoms with Crippen LogP contribution in [0.3, 0.4) is 0 Å². The van der Waals surface area contributed by atoms with E-state index in [2.05, 4.69) is 46.2 Å². The summed E-state index contributed by atoms with van der Waals surface area (Å²) < 4.78 is 0. The Balaban J connectivity index is 1.29. The first-order chi connectivity index (χ1) is 18.9. The van der Waals surface area contributed by atoms with Crippen molar-refractivity contribution in [2.24, 2.45) is 5.73 Å². The Morgan fingerprint density at radius 3 is 2.62 bits per heavy atom. The summed E-state index contributed by atoms with van der Waals surface area (Å²) in [5.41, 5.74) is 11.0. The van der Waals surface area contributed by atoms with Gasteiger partial charge in [-0.1, -0.05) is 6.07 Å². The van der Waals surface area contributed by atoms with Crippen LogP contribution >= 0.6 is 0 Å². The molecule has 4 heterocycles.